The Balaban J connectivity index is 2.10. The molecule has 0 atom stereocenters. The number of carbonyl (C=O) groups excluding carboxylic acids is 1. The number of carbonyl (C=O) groups is 1. The number of anilines is 1. The maximum atomic E-state index is 11.9. The molecule has 0 aliphatic carbocycles. The molecule has 3 rings (SSSR count). The van der Waals surface area contributed by atoms with Crippen molar-refractivity contribution in [1.29, 1.82) is 0 Å². The lowest BCUT2D eigenvalue weighted by molar-refractivity contribution is 0.0963. The van der Waals surface area contributed by atoms with E-state index in [0.29, 0.717) is 11.4 Å². The molecule has 22 heavy (non-hydrogen) atoms. The molecule has 0 saturated carbocycles. The zero-order valence-corrected chi connectivity index (χ0v) is 12.8. The molecule has 2 heterocycles. The van der Waals surface area contributed by atoms with Crippen molar-refractivity contribution in [3.63, 3.8) is 0 Å². The van der Waals surface area contributed by atoms with Gasteiger partial charge in [-0.05, 0) is 30.3 Å². The van der Waals surface area contributed by atoms with Crippen LogP contribution in [0.5, 0.6) is 0 Å². The van der Waals surface area contributed by atoms with Crippen molar-refractivity contribution in [2.24, 2.45) is 0 Å². The van der Waals surface area contributed by atoms with E-state index in [1.165, 1.54) is 0 Å². The smallest absolute Gasteiger partial charge is 0.254 e. The molecule has 5 nitrogen and oxygen atoms in total. The van der Waals surface area contributed by atoms with Gasteiger partial charge in [0.25, 0.3) is 5.91 Å². The van der Waals surface area contributed by atoms with E-state index in [9.17, 15) is 4.79 Å². The van der Waals surface area contributed by atoms with Gasteiger partial charge in [0.15, 0.2) is 0 Å². The van der Waals surface area contributed by atoms with Gasteiger partial charge in [-0.15, -0.1) is 0 Å². The van der Waals surface area contributed by atoms with E-state index in [2.05, 4.69) is 21.4 Å². The van der Waals surface area contributed by atoms with Gasteiger partial charge in [-0.3, -0.25) is 4.79 Å². The fourth-order valence-corrected chi connectivity index (χ4v) is 2.47. The molecule has 112 valence electrons. The third kappa shape index (κ3) is 2.41. The number of pyridine rings is 1. The van der Waals surface area contributed by atoms with Crippen LogP contribution in [0.15, 0.2) is 42.6 Å². The van der Waals surface area contributed by atoms with Gasteiger partial charge >= 0.3 is 0 Å². The van der Waals surface area contributed by atoms with Crippen molar-refractivity contribution in [1.82, 2.24) is 15.3 Å². The summed E-state index contributed by atoms with van der Waals surface area (Å²) in [6, 6.07) is 11.9. The second kappa shape index (κ2) is 5.52. The average molecular weight is 294 g/mol. The van der Waals surface area contributed by atoms with Crippen molar-refractivity contribution < 1.29 is 4.79 Å². The predicted octanol–water partition coefficient (Wildman–Crippen LogP) is 2.66. The largest absolute Gasteiger partial charge is 0.362 e. The molecule has 2 aromatic heterocycles. The van der Waals surface area contributed by atoms with Gasteiger partial charge in [-0.25, -0.2) is 4.98 Å². The average Bonchev–Trinajstić information content (AvgIpc) is 3.01. The third-order valence-corrected chi connectivity index (χ3v) is 3.62. The maximum Gasteiger partial charge on any atom is 0.254 e. The molecule has 0 aliphatic heterocycles. The first-order chi connectivity index (χ1) is 10.6. The van der Waals surface area contributed by atoms with Crippen LogP contribution >= 0.6 is 0 Å². The molecule has 3 aromatic rings. The number of aromatic nitrogens is 2. The summed E-state index contributed by atoms with van der Waals surface area (Å²) in [6.07, 6.45) is 1.92. The zero-order valence-electron chi connectivity index (χ0n) is 12.8. The number of hydrogen-bond donors (Lipinski definition) is 2. The standard InChI is InChI=1S/C17H18N4O/c1-18-17(22)13-5-7-15(20-16(13)21(2)3)11-4-6-14-12(10-11)8-9-19-14/h4-10,19H,1-3H3,(H,18,22). The van der Waals surface area contributed by atoms with Crippen LogP contribution in [0, 0.1) is 0 Å². The first-order valence-electron chi connectivity index (χ1n) is 7.08. The highest BCUT2D eigenvalue weighted by Gasteiger charge is 2.14. The summed E-state index contributed by atoms with van der Waals surface area (Å²) in [4.78, 5) is 21.6. The fourth-order valence-electron chi connectivity index (χ4n) is 2.47. The van der Waals surface area contributed by atoms with Gasteiger partial charge < -0.3 is 15.2 Å². The molecule has 1 aromatic carbocycles. The number of hydrogen-bond acceptors (Lipinski definition) is 3. The van der Waals surface area contributed by atoms with Crippen LogP contribution in [0.25, 0.3) is 22.2 Å². The number of aromatic amines is 1. The number of H-pyrrole nitrogens is 1. The number of benzene rings is 1. The number of nitrogens with one attached hydrogen (secondary N) is 2. The molecular formula is C17H18N4O. The van der Waals surface area contributed by atoms with Crippen LogP contribution in [0.2, 0.25) is 0 Å². The molecule has 2 N–H and O–H groups in total. The number of rotatable bonds is 3. The molecular weight excluding hydrogens is 276 g/mol. The lowest BCUT2D eigenvalue weighted by Crippen LogP contribution is -2.23. The van der Waals surface area contributed by atoms with Crippen LogP contribution in [0.3, 0.4) is 0 Å². The second-order valence-electron chi connectivity index (χ2n) is 5.32. The van der Waals surface area contributed by atoms with Gasteiger partial charge in [0.1, 0.15) is 5.82 Å². The van der Waals surface area contributed by atoms with E-state index in [4.69, 9.17) is 0 Å². The molecule has 0 radical (unpaired) electrons. The Morgan fingerprint density at radius 2 is 2.00 bits per heavy atom. The molecule has 0 saturated heterocycles. The normalized spacial score (nSPS) is 10.7. The second-order valence-corrected chi connectivity index (χ2v) is 5.32. The summed E-state index contributed by atoms with van der Waals surface area (Å²) in [5.74, 6) is 0.523. The first-order valence-corrected chi connectivity index (χ1v) is 7.08. The van der Waals surface area contributed by atoms with Gasteiger partial charge in [0.2, 0.25) is 0 Å². The van der Waals surface area contributed by atoms with Crippen LogP contribution in [0.1, 0.15) is 10.4 Å². The summed E-state index contributed by atoms with van der Waals surface area (Å²) < 4.78 is 0. The van der Waals surface area contributed by atoms with Crippen molar-refractivity contribution in [3.8, 4) is 11.3 Å². The van der Waals surface area contributed by atoms with E-state index in [1.54, 1.807) is 7.05 Å². The molecule has 0 spiro atoms. The lowest BCUT2D eigenvalue weighted by atomic mass is 10.1. The minimum Gasteiger partial charge on any atom is -0.362 e. The van der Waals surface area contributed by atoms with Crippen molar-refractivity contribution in [2.45, 2.75) is 0 Å². The Morgan fingerprint density at radius 3 is 2.73 bits per heavy atom. The topological polar surface area (TPSA) is 61.0 Å². The van der Waals surface area contributed by atoms with Gasteiger partial charge in [0, 0.05) is 43.8 Å². The number of fused-ring (bicyclic) bond motifs is 1. The van der Waals surface area contributed by atoms with Crippen LogP contribution in [0.4, 0.5) is 5.82 Å². The van der Waals surface area contributed by atoms with Gasteiger partial charge in [-0.2, -0.15) is 0 Å². The van der Waals surface area contributed by atoms with E-state index in [-0.39, 0.29) is 5.91 Å². The summed E-state index contributed by atoms with van der Waals surface area (Å²) in [6.45, 7) is 0. The van der Waals surface area contributed by atoms with Crippen LogP contribution in [-0.2, 0) is 0 Å². The Bertz CT molecular complexity index is 836. The minimum absolute atomic E-state index is 0.135. The Hall–Kier alpha value is -2.82. The zero-order chi connectivity index (χ0) is 15.7. The molecule has 0 aliphatic rings. The van der Waals surface area contributed by atoms with E-state index >= 15 is 0 Å². The predicted molar refractivity (Wildman–Crippen MR) is 89.2 cm³/mol. The molecule has 0 unspecified atom stereocenters. The van der Waals surface area contributed by atoms with E-state index in [0.717, 1.165) is 22.2 Å². The number of nitrogens with zero attached hydrogens (tertiary/aromatic N) is 2. The highest BCUT2D eigenvalue weighted by atomic mass is 16.1. The van der Waals surface area contributed by atoms with Crippen LogP contribution < -0.4 is 10.2 Å². The summed E-state index contributed by atoms with van der Waals surface area (Å²) in [7, 11) is 5.39. The third-order valence-electron chi connectivity index (χ3n) is 3.62. The fraction of sp³-hybridized carbons (Fsp3) is 0.176. The van der Waals surface area contributed by atoms with Gasteiger partial charge in [-0.1, -0.05) is 6.07 Å². The molecule has 0 fully saturated rings. The lowest BCUT2D eigenvalue weighted by Gasteiger charge is -2.16. The Kier molecular flexibility index (Phi) is 3.55. The highest BCUT2D eigenvalue weighted by molar-refractivity contribution is 5.99. The van der Waals surface area contributed by atoms with Crippen molar-refractivity contribution in [2.75, 3.05) is 26.0 Å². The monoisotopic (exact) mass is 294 g/mol. The molecule has 1 amide bonds. The maximum absolute atomic E-state index is 11.9. The van der Waals surface area contributed by atoms with Crippen LogP contribution in [-0.4, -0.2) is 37.0 Å². The first kappa shape index (κ1) is 14.1. The van der Waals surface area contributed by atoms with E-state index in [1.807, 2.05) is 55.5 Å². The van der Waals surface area contributed by atoms with Gasteiger partial charge in [0.05, 0.1) is 11.3 Å². The summed E-state index contributed by atoms with van der Waals surface area (Å²) in [5, 5.41) is 3.79. The minimum atomic E-state index is -0.135. The Labute approximate surface area is 129 Å². The summed E-state index contributed by atoms with van der Waals surface area (Å²) >= 11 is 0. The Morgan fingerprint density at radius 1 is 1.18 bits per heavy atom. The molecule has 5 heteroatoms. The molecule has 0 bridgehead atoms. The SMILES string of the molecule is CNC(=O)c1ccc(-c2ccc3[nH]ccc3c2)nc1N(C)C. The summed E-state index contributed by atoms with van der Waals surface area (Å²) in [5.41, 5.74) is 3.54. The van der Waals surface area contributed by atoms with E-state index < -0.39 is 0 Å². The quantitative estimate of drug-likeness (QED) is 0.780. The highest BCUT2D eigenvalue weighted by Crippen LogP contribution is 2.26. The number of amides is 1. The van der Waals surface area contributed by atoms with Crippen molar-refractivity contribution in [3.05, 3.63) is 48.2 Å². The van der Waals surface area contributed by atoms with Crippen molar-refractivity contribution >= 4 is 22.6 Å².